The highest BCUT2D eigenvalue weighted by Gasteiger charge is 2.48. The van der Waals surface area contributed by atoms with Crippen molar-refractivity contribution in [2.24, 2.45) is 5.92 Å². The van der Waals surface area contributed by atoms with E-state index in [0.717, 1.165) is 38.9 Å². The van der Waals surface area contributed by atoms with Crippen molar-refractivity contribution in [1.82, 2.24) is 15.5 Å². The highest BCUT2D eigenvalue weighted by atomic mass is 16.2. The number of hydrogen-bond acceptors (Lipinski definition) is 3. The lowest BCUT2D eigenvalue weighted by atomic mass is 9.79. The first-order chi connectivity index (χ1) is 13.5. The van der Waals surface area contributed by atoms with E-state index in [-0.39, 0.29) is 17.9 Å². The molecule has 5 rings (SSSR count). The van der Waals surface area contributed by atoms with Gasteiger partial charge in [0.15, 0.2) is 0 Å². The van der Waals surface area contributed by atoms with E-state index in [4.69, 9.17) is 0 Å². The number of nitrogens with one attached hydrogen (secondary N) is 2. The number of fused-ring (bicyclic) bond motifs is 3. The number of nitrogens with zero attached hydrogens (tertiary/aromatic N) is 1. The zero-order chi connectivity index (χ0) is 19.3. The number of likely N-dealkylation sites (tertiary alicyclic amines) is 1. The third-order valence-corrected chi connectivity index (χ3v) is 6.74. The zero-order valence-corrected chi connectivity index (χ0v) is 16.1. The number of urea groups is 1. The molecule has 5 nitrogen and oxygen atoms in total. The van der Waals surface area contributed by atoms with Crippen molar-refractivity contribution in [2.45, 2.75) is 38.3 Å². The summed E-state index contributed by atoms with van der Waals surface area (Å²) in [7, 11) is 0. The van der Waals surface area contributed by atoms with E-state index >= 15 is 0 Å². The SMILES string of the molecule is C[C@]1(C2CCN(Cc3ccc4c(c3)Cc3ccccc3-4)CC2)NC(=O)NC1=O. The van der Waals surface area contributed by atoms with Crippen molar-refractivity contribution in [2.75, 3.05) is 13.1 Å². The average Bonchev–Trinajstić information content (AvgIpc) is 3.18. The van der Waals surface area contributed by atoms with Crippen molar-refractivity contribution >= 4 is 11.9 Å². The number of carbonyl (C=O) groups excluding carboxylic acids is 2. The number of piperidine rings is 1. The molecule has 0 radical (unpaired) electrons. The van der Waals surface area contributed by atoms with Crippen LogP contribution in [0, 0.1) is 5.92 Å². The summed E-state index contributed by atoms with van der Waals surface area (Å²) in [4.78, 5) is 26.2. The van der Waals surface area contributed by atoms with Gasteiger partial charge in [-0.15, -0.1) is 0 Å². The Kier molecular flexibility index (Phi) is 4.02. The second kappa shape index (κ2) is 6.45. The summed E-state index contributed by atoms with van der Waals surface area (Å²) in [6.07, 6.45) is 2.86. The lowest BCUT2D eigenvalue weighted by Gasteiger charge is -2.38. The largest absolute Gasteiger partial charge is 0.323 e. The summed E-state index contributed by atoms with van der Waals surface area (Å²) in [5.74, 6) is -0.00106. The number of carbonyl (C=O) groups is 2. The quantitative estimate of drug-likeness (QED) is 0.692. The summed E-state index contributed by atoms with van der Waals surface area (Å²) in [5, 5.41) is 5.22. The molecular formula is C23H25N3O2. The molecule has 3 amide bonds. The van der Waals surface area contributed by atoms with Gasteiger partial charge in [-0.05, 0) is 73.0 Å². The fourth-order valence-corrected chi connectivity index (χ4v) is 5.07. The van der Waals surface area contributed by atoms with Crippen molar-refractivity contribution in [3.8, 4) is 11.1 Å². The molecular weight excluding hydrogens is 350 g/mol. The minimum atomic E-state index is -0.761. The summed E-state index contributed by atoms with van der Waals surface area (Å²) in [6, 6.07) is 15.2. The number of benzene rings is 2. The molecule has 2 N–H and O–H groups in total. The third kappa shape index (κ3) is 2.81. The first-order valence-electron chi connectivity index (χ1n) is 10.1. The van der Waals surface area contributed by atoms with Crippen LogP contribution in [0.25, 0.3) is 11.1 Å². The van der Waals surface area contributed by atoms with Crippen LogP contribution in [0.5, 0.6) is 0 Å². The van der Waals surface area contributed by atoms with Gasteiger partial charge in [0.05, 0.1) is 0 Å². The molecule has 0 saturated carbocycles. The molecule has 144 valence electrons. The number of amides is 3. The number of rotatable bonds is 3. The Bertz CT molecular complexity index is 962. The standard InChI is InChI=1S/C23H25N3O2/c1-23(21(27)24-22(28)25-23)18-8-10-26(11-9-18)14-15-6-7-20-17(12-15)13-16-4-2-3-5-19(16)20/h2-7,12,18H,8-11,13-14H2,1H3,(H2,24,25,27,28)/t23-/m1/s1. The Hall–Kier alpha value is -2.66. The molecule has 28 heavy (non-hydrogen) atoms. The molecule has 2 aromatic rings. The topological polar surface area (TPSA) is 61.4 Å². The van der Waals surface area contributed by atoms with Crippen LogP contribution in [-0.2, 0) is 17.8 Å². The maximum atomic E-state index is 12.2. The van der Waals surface area contributed by atoms with Gasteiger partial charge in [0.1, 0.15) is 5.54 Å². The minimum absolute atomic E-state index is 0.185. The van der Waals surface area contributed by atoms with E-state index in [1.165, 1.54) is 27.8 Å². The Morgan fingerprint density at radius 3 is 2.54 bits per heavy atom. The van der Waals surface area contributed by atoms with Crippen LogP contribution >= 0.6 is 0 Å². The number of imide groups is 1. The van der Waals surface area contributed by atoms with Crippen molar-refractivity contribution in [1.29, 1.82) is 0 Å². The van der Waals surface area contributed by atoms with Gasteiger partial charge in [-0.1, -0.05) is 42.5 Å². The second-order valence-corrected chi connectivity index (χ2v) is 8.49. The fraction of sp³-hybridized carbons (Fsp3) is 0.391. The van der Waals surface area contributed by atoms with Gasteiger partial charge in [0.25, 0.3) is 5.91 Å². The Balaban J connectivity index is 1.24. The third-order valence-electron chi connectivity index (χ3n) is 6.74. The predicted octanol–water partition coefficient (Wildman–Crippen LogP) is 3.07. The Morgan fingerprint density at radius 2 is 1.79 bits per heavy atom. The van der Waals surface area contributed by atoms with E-state index in [2.05, 4.69) is 58.0 Å². The van der Waals surface area contributed by atoms with Crippen molar-refractivity contribution < 1.29 is 9.59 Å². The van der Waals surface area contributed by atoms with Gasteiger partial charge >= 0.3 is 6.03 Å². The van der Waals surface area contributed by atoms with Gasteiger partial charge in [-0.2, -0.15) is 0 Å². The van der Waals surface area contributed by atoms with Crippen molar-refractivity contribution in [3.05, 3.63) is 59.2 Å². The van der Waals surface area contributed by atoms with Crippen LogP contribution in [0.3, 0.4) is 0 Å². The molecule has 2 aromatic carbocycles. The Labute approximate surface area is 165 Å². The van der Waals surface area contributed by atoms with Crippen molar-refractivity contribution in [3.63, 3.8) is 0 Å². The lowest BCUT2D eigenvalue weighted by molar-refractivity contribution is -0.125. The van der Waals surface area contributed by atoms with Crippen LogP contribution < -0.4 is 10.6 Å². The maximum Gasteiger partial charge on any atom is 0.322 e. The molecule has 1 atom stereocenters. The molecule has 0 spiro atoms. The van der Waals surface area contributed by atoms with Crippen LogP contribution in [0.15, 0.2) is 42.5 Å². The van der Waals surface area contributed by atoms with E-state index < -0.39 is 5.54 Å². The van der Waals surface area contributed by atoms with Crippen LogP contribution in [-0.4, -0.2) is 35.5 Å². The van der Waals surface area contributed by atoms with Gasteiger partial charge in [0.2, 0.25) is 0 Å². The average molecular weight is 375 g/mol. The summed E-state index contributed by atoms with van der Waals surface area (Å²) >= 11 is 0. The molecule has 0 aromatic heterocycles. The molecule has 5 heteroatoms. The molecule has 2 heterocycles. The van der Waals surface area contributed by atoms with Crippen LogP contribution in [0.4, 0.5) is 4.79 Å². The second-order valence-electron chi connectivity index (χ2n) is 8.49. The van der Waals surface area contributed by atoms with Gasteiger partial charge in [-0.25, -0.2) is 4.79 Å². The molecule has 2 saturated heterocycles. The van der Waals surface area contributed by atoms with Gasteiger partial charge < -0.3 is 5.32 Å². The van der Waals surface area contributed by atoms with E-state index in [0.29, 0.717) is 0 Å². The first kappa shape index (κ1) is 17.4. The van der Waals surface area contributed by atoms with Crippen LogP contribution in [0.2, 0.25) is 0 Å². The van der Waals surface area contributed by atoms with Crippen LogP contribution in [0.1, 0.15) is 36.5 Å². The summed E-state index contributed by atoms with van der Waals surface area (Å²) in [5.41, 5.74) is 6.17. The molecule has 2 aliphatic heterocycles. The highest BCUT2D eigenvalue weighted by Crippen LogP contribution is 2.37. The first-order valence-corrected chi connectivity index (χ1v) is 10.1. The molecule has 3 aliphatic rings. The monoisotopic (exact) mass is 375 g/mol. The Morgan fingerprint density at radius 1 is 1.04 bits per heavy atom. The zero-order valence-electron chi connectivity index (χ0n) is 16.1. The molecule has 2 fully saturated rings. The van der Waals surface area contributed by atoms with Gasteiger partial charge in [0, 0.05) is 6.54 Å². The number of hydrogen-bond donors (Lipinski definition) is 2. The van der Waals surface area contributed by atoms with E-state index in [9.17, 15) is 9.59 Å². The normalized spacial score (nSPS) is 24.6. The smallest absolute Gasteiger partial charge is 0.322 e. The molecule has 1 aliphatic carbocycles. The predicted molar refractivity (Wildman–Crippen MR) is 108 cm³/mol. The summed E-state index contributed by atoms with van der Waals surface area (Å²) < 4.78 is 0. The highest BCUT2D eigenvalue weighted by molar-refractivity contribution is 6.06. The molecule has 0 bridgehead atoms. The molecule has 0 unspecified atom stereocenters. The van der Waals surface area contributed by atoms with E-state index in [1.54, 1.807) is 0 Å². The minimum Gasteiger partial charge on any atom is -0.323 e. The summed E-state index contributed by atoms with van der Waals surface area (Å²) in [6.45, 7) is 4.68. The fourth-order valence-electron chi connectivity index (χ4n) is 5.07. The maximum absolute atomic E-state index is 12.2. The lowest BCUT2D eigenvalue weighted by Crippen LogP contribution is -2.53. The van der Waals surface area contributed by atoms with Gasteiger partial charge in [-0.3, -0.25) is 15.0 Å². The van der Waals surface area contributed by atoms with E-state index in [1.807, 2.05) is 6.92 Å².